The molecule has 0 fully saturated rings. The van der Waals surface area contributed by atoms with E-state index in [0.29, 0.717) is 33.8 Å². The predicted molar refractivity (Wildman–Crippen MR) is 141 cm³/mol. The third-order valence-corrected chi connectivity index (χ3v) is 5.95. The molecule has 4 aromatic rings. The highest BCUT2D eigenvalue weighted by molar-refractivity contribution is 6.34. The number of nitrogens with one attached hydrogen (secondary N) is 3. The first-order chi connectivity index (χ1) is 16.0. The fraction of sp³-hybridized carbons (Fsp3) is 0.0800. The zero-order valence-electron chi connectivity index (χ0n) is 17.8. The lowest BCUT2D eigenvalue weighted by Gasteiger charge is -2.15. The van der Waals surface area contributed by atoms with Gasteiger partial charge in [-0.15, -0.1) is 12.4 Å². The van der Waals surface area contributed by atoms with E-state index in [2.05, 4.69) is 38.1 Å². The molecule has 1 aromatic heterocycles. The quantitative estimate of drug-likeness (QED) is 0.268. The summed E-state index contributed by atoms with van der Waals surface area (Å²) >= 11 is 12.5. The maximum Gasteiger partial charge on any atom is 0.257 e. The van der Waals surface area contributed by atoms with Crippen molar-refractivity contribution in [2.75, 3.05) is 16.0 Å². The summed E-state index contributed by atoms with van der Waals surface area (Å²) in [6.45, 7) is 0. The van der Waals surface area contributed by atoms with Crippen molar-refractivity contribution in [1.82, 2.24) is 9.97 Å². The molecule has 3 N–H and O–H groups in total. The molecule has 34 heavy (non-hydrogen) atoms. The van der Waals surface area contributed by atoms with Crippen molar-refractivity contribution in [2.45, 2.75) is 12.8 Å². The summed E-state index contributed by atoms with van der Waals surface area (Å²) in [7, 11) is 0. The molecule has 0 unspecified atom stereocenters. The standard InChI is InChI=1S/C25H19Cl2N5O.ClH/c26-20-7-2-1-6-19(20)24(33)31-22-11-10-18-13-16(22)9-8-15-4-3-5-17(12-15)30-25-28-14-21(27)23(29-18)32-25;/h1-7,10-14H,8-9H2,(H,31,33)(H2,28,29,30,32);1H. The maximum atomic E-state index is 12.9. The van der Waals surface area contributed by atoms with Crippen LogP contribution in [0.3, 0.4) is 0 Å². The van der Waals surface area contributed by atoms with Gasteiger partial charge in [0.1, 0.15) is 5.02 Å². The highest BCUT2D eigenvalue weighted by atomic mass is 35.5. The first-order valence-electron chi connectivity index (χ1n) is 10.4. The summed E-state index contributed by atoms with van der Waals surface area (Å²) in [6.07, 6.45) is 3.06. The second-order valence-corrected chi connectivity index (χ2v) is 8.46. The fourth-order valence-electron chi connectivity index (χ4n) is 3.70. The molecule has 0 spiro atoms. The molecule has 172 valence electrons. The van der Waals surface area contributed by atoms with Gasteiger partial charge >= 0.3 is 0 Å². The molecule has 5 rings (SSSR count). The monoisotopic (exact) mass is 511 g/mol. The molecule has 9 heteroatoms. The van der Waals surface area contributed by atoms with Gasteiger partial charge in [-0.2, -0.15) is 4.98 Å². The number of benzene rings is 3. The van der Waals surface area contributed by atoms with E-state index in [-0.39, 0.29) is 18.3 Å². The van der Waals surface area contributed by atoms with Crippen LogP contribution in [0.1, 0.15) is 21.5 Å². The van der Waals surface area contributed by atoms with Crippen molar-refractivity contribution >= 4 is 70.3 Å². The number of aromatic nitrogens is 2. The molecule has 3 aromatic carbocycles. The van der Waals surface area contributed by atoms with Crippen LogP contribution in [-0.2, 0) is 12.8 Å². The number of carbonyl (C=O) groups excluding carboxylic acids is 1. The second-order valence-electron chi connectivity index (χ2n) is 7.65. The van der Waals surface area contributed by atoms with E-state index in [1.165, 1.54) is 0 Å². The lowest BCUT2D eigenvalue weighted by atomic mass is 10.0. The molecular weight excluding hydrogens is 493 g/mol. The van der Waals surface area contributed by atoms with E-state index in [4.69, 9.17) is 23.2 Å². The highest BCUT2D eigenvalue weighted by Gasteiger charge is 2.15. The van der Waals surface area contributed by atoms with Gasteiger partial charge in [-0.3, -0.25) is 4.79 Å². The Morgan fingerprint density at radius 2 is 1.71 bits per heavy atom. The van der Waals surface area contributed by atoms with Crippen molar-refractivity contribution in [3.05, 3.63) is 99.7 Å². The summed E-state index contributed by atoms with van der Waals surface area (Å²) in [5.74, 6) is 0.681. The number of nitrogens with zero attached hydrogens (tertiary/aromatic N) is 2. The molecule has 0 atom stereocenters. The third-order valence-electron chi connectivity index (χ3n) is 5.34. The minimum atomic E-state index is -0.254. The summed E-state index contributed by atoms with van der Waals surface area (Å²) in [4.78, 5) is 21.7. The number of carbonyl (C=O) groups is 1. The van der Waals surface area contributed by atoms with Crippen molar-refractivity contribution in [1.29, 1.82) is 0 Å². The van der Waals surface area contributed by atoms with Gasteiger partial charge in [0.15, 0.2) is 5.82 Å². The maximum absolute atomic E-state index is 12.9. The minimum Gasteiger partial charge on any atom is -0.339 e. The Morgan fingerprint density at radius 3 is 2.56 bits per heavy atom. The Kier molecular flexibility index (Phi) is 7.22. The number of hydrogen-bond acceptors (Lipinski definition) is 5. The zero-order chi connectivity index (χ0) is 22.8. The van der Waals surface area contributed by atoms with Crippen LogP contribution < -0.4 is 16.0 Å². The van der Waals surface area contributed by atoms with Crippen LogP contribution in [0.15, 0.2) is 72.9 Å². The lowest BCUT2D eigenvalue weighted by molar-refractivity contribution is 0.102. The normalized spacial score (nSPS) is 11.9. The van der Waals surface area contributed by atoms with Gasteiger partial charge in [0.05, 0.1) is 16.8 Å². The number of halogens is 3. The largest absolute Gasteiger partial charge is 0.339 e. The van der Waals surface area contributed by atoms with E-state index in [9.17, 15) is 4.79 Å². The van der Waals surface area contributed by atoms with Gasteiger partial charge in [0.25, 0.3) is 5.91 Å². The smallest absolute Gasteiger partial charge is 0.257 e. The summed E-state index contributed by atoms with van der Waals surface area (Å²) in [5, 5.41) is 10.3. The van der Waals surface area contributed by atoms with Crippen LogP contribution in [0, 0.1) is 0 Å². The van der Waals surface area contributed by atoms with Crippen LogP contribution in [-0.4, -0.2) is 15.9 Å². The number of amides is 1. The van der Waals surface area contributed by atoms with Crippen LogP contribution in [0.25, 0.3) is 0 Å². The average molecular weight is 513 g/mol. The molecule has 0 radical (unpaired) electrons. The molecule has 6 nitrogen and oxygen atoms in total. The Labute approximate surface area is 213 Å². The number of aryl methyl sites for hydroxylation is 2. The van der Waals surface area contributed by atoms with E-state index in [1.54, 1.807) is 30.5 Å². The lowest BCUT2D eigenvalue weighted by Crippen LogP contribution is -2.14. The second kappa shape index (κ2) is 10.3. The summed E-state index contributed by atoms with van der Waals surface area (Å²) < 4.78 is 0. The van der Waals surface area contributed by atoms with Gasteiger partial charge in [-0.05, 0) is 66.4 Å². The van der Waals surface area contributed by atoms with Crippen LogP contribution in [0.5, 0.6) is 0 Å². The number of fused-ring (bicyclic) bond motifs is 6. The Balaban J connectivity index is 0.00000274. The van der Waals surface area contributed by atoms with Crippen molar-refractivity contribution in [3.8, 4) is 0 Å². The summed E-state index contributed by atoms with van der Waals surface area (Å²) in [6, 6.07) is 20.8. The molecule has 1 aliphatic rings. The molecule has 0 saturated carbocycles. The molecule has 0 aliphatic carbocycles. The predicted octanol–water partition coefficient (Wildman–Crippen LogP) is 7.04. The first-order valence-corrected chi connectivity index (χ1v) is 11.1. The van der Waals surface area contributed by atoms with E-state index >= 15 is 0 Å². The van der Waals surface area contributed by atoms with Crippen LogP contribution in [0.2, 0.25) is 10.0 Å². The van der Waals surface area contributed by atoms with E-state index in [0.717, 1.165) is 34.6 Å². The Bertz CT molecular complexity index is 1360. The number of anilines is 5. The SMILES string of the molecule is Cl.O=C(Nc1ccc2cc1CCc1cccc(c1)Nc1ncc(Cl)c(n1)N2)c1ccccc1Cl. The molecule has 2 heterocycles. The van der Waals surface area contributed by atoms with Gasteiger partial charge in [0, 0.05) is 17.1 Å². The highest BCUT2D eigenvalue weighted by Crippen LogP contribution is 2.30. The first kappa shape index (κ1) is 23.8. The zero-order valence-corrected chi connectivity index (χ0v) is 20.1. The molecule has 0 saturated heterocycles. The minimum absolute atomic E-state index is 0. The molecular formula is C25H20Cl3N5O. The van der Waals surface area contributed by atoms with Gasteiger partial charge in [-0.1, -0.05) is 47.5 Å². The average Bonchev–Trinajstić information content (AvgIpc) is 2.81. The van der Waals surface area contributed by atoms with Crippen LogP contribution >= 0.6 is 35.6 Å². The topological polar surface area (TPSA) is 78.9 Å². The molecule has 6 bridgehead atoms. The third kappa shape index (κ3) is 5.25. The van der Waals surface area contributed by atoms with Gasteiger partial charge in [-0.25, -0.2) is 4.98 Å². The van der Waals surface area contributed by atoms with Gasteiger partial charge < -0.3 is 16.0 Å². The van der Waals surface area contributed by atoms with Crippen LogP contribution in [0.4, 0.5) is 28.8 Å². The Hall–Kier alpha value is -3.32. The molecule has 1 amide bonds. The molecule has 1 aliphatic heterocycles. The summed E-state index contributed by atoms with van der Waals surface area (Å²) in [5.41, 5.74) is 4.97. The van der Waals surface area contributed by atoms with Crippen molar-refractivity contribution in [2.24, 2.45) is 0 Å². The van der Waals surface area contributed by atoms with Crippen molar-refractivity contribution in [3.63, 3.8) is 0 Å². The Morgan fingerprint density at radius 1 is 0.882 bits per heavy atom. The number of hydrogen-bond donors (Lipinski definition) is 3. The number of rotatable bonds is 2. The van der Waals surface area contributed by atoms with E-state index < -0.39 is 0 Å². The van der Waals surface area contributed by atoms with Crippen molar-refractivity contribution < 1.29 is 4.79 Å². The fourth-order valence-corrected chi connectivity index (χ4v) is 4.06. The van der Waals surface area contributed by atoms with E-state index in [1.807, 2.05) is 30.3 Å². The van der Waals surface area contributed by atoms with Gasteiger partial charge in [0.2, 0.25) is 5.95 Å².